The van der Waals surface area contributed by atoms with E-state index >= 15 is 0 Å². The lowest BCUT2D eigenvalue weighted by atomic mass is 9.83. The lowest BCUT2D eigenvalue weighted by molar-refractivity contribution is -0.273. The highest BCUT2D eigenvalue weighted by molar-refractivity contribution is 5.81. The number of rotatable bonds is 4. The van der Waals surface area contributed by atoms with Crippen LogP contribution in [-0.4, -0.2) is 30.0 Å². The largest absolute Gasteiger partial charge is 0.467 e. The van der Waals surface area contributed by atoms with Crippen LogP contribution in [0.3, 0.4) is 0 Å². The summed E-state index contributed by atoms with van der Waals surface area (Å²) >= 11 is 0. The molecule has 0 bridgehead atoms. The first-order chi connectivity index (χ1) is 8.68. The maximum Gasteiger partial charge on any atom is 0.428 e. The highest BCUT2D eigenvalue weighted by Gasteiger charge is 2.64. The average Bonchev–Trinajstić information content (AvgIpc) is 2.37. The van der Waals surface area contributed by atoms with Crippen LogP contribution in [0.25, 0.3) is 0 Å². The molecule has 8 heteroatoms. The van der Waals surface area contributed by atoms with Gasteiger partial charge in [0.15, 0.2) is 0 Å². The van der Waals surface area contributed by atoms with Gasteiger partial charge in [0.2, 0.25) is 0 Å². The van der Waals surface area contributed by atoms with E-state index in [0.717, 1.165) is 0 Å². The summed E-state index contributed by atoms with van der Waals surface area (Å²) in [7, 11) is 0.699. The van der Waals surface area contributed by atoms with Gasteiger partial charge in [0, 0.05) is 5.92 Å². The first-order valence-corrected chi connectivity index (χ1v) is 5.08. The van der Waals surface area contributed by atoms with Gasteiger partial charge in [-0.25, -0.2) is 4.79 Å². The minimum Gasteiger partial charge on any atom is -0.467 e. The van der Waals surface area contributed by atoms with E-state index in [1.807, 2.05) is 0 Å². The van der Waals surface area contributed by atoms with Crippen LogP contribution in [0.5, 0.6) is 0 Å². The first kappa shape index (κ1) is 16.9. The van der Waals surface area contributed by atoms with Crippen molar-refractivity contribution in [2.24, 2.45) is 5.92 Å². The Bertz CT molecular complexity index is 443. The topological polar surface area (TPSA) is 94.1 Å². The molecule has 19 heavy (non-hydrogen) atoms. The molecule has 5 nitrogen and oxygen atoms in total. The molecule has 1 N–H and O–H groups in total. The zero-order valence-electron chi connectivity index (χ0n) is 10.2. The molecular formula is C11H11F3N2O3. The standard InChI is InChI=1S/C11H11F3N2O3/c1-3-8(4-7(5-15)6-16)10(18,9(17)19-2)11(12,13)14/h4,8,18H,3H2,1-2H3. The van der Waals surface area contributed by atoms with E-state index in [1.54, 1.807) is 0 Å². The maximum atomic E-state index is 12.9. The second kappa shape index (κ2) is 6.21. The molecule has 0 spiro atoms. The third-order valence-corrected chi connectivity index (χ3v) is 2.51. The molecule has 0 saturated heterocycles. The molecular weight excluding hydrogens is 265 g/mol. The molecule has 0 fully saturated rings. The summed E-state index contributed by atoms with van der Waals surface area (Å²) in [5.74, 6) is -3.69. The summed E-state index contributed by atoms with van der Waals surface area (Å²) in [6.45, 7) is 1.27. The summed E-state index contributed by atoms with van der Waals surface area (Å²) < 4.78 is 42.6. The third-order valence-electron chi connectivity index (χ3n) is 2.51. The van der Waals surface area contributed by atoms with E-state index < -0.39 is 29.2 Å². The van der Waals surface area contributed by atoms with Gasteiger partial charge in [-0.2, -0.15) is 23.7 Å². The fourth-order valence-corrected chi connectivity index (χ4v) is 1.47. The molecule has 0 amide bonds. The molecule has 0 aliphatic carbocycles. The fourth-order valence-electron chi connectivity index (χ4n) is 1.47. The molecule has 0 aromatic heterocycles. The monoisotopic (exact) mass is 276 g/mol. The van der Waals surface area contributed by atoms with Gasteiger partial charge in [0.25, 0.3) is 5.60 Å². The van der Waals surface area contributed by atoms with Crippen molar-refractivity contribution in [2.45, 2.75) is 25.1 Å². The summed E-state index contributed by atoms with van der Waals surface area (Å²) in [5.41, 5.74) is -4.42. The number of esters is 1. The zero-order chi connectivity index (χ0) is 15.3. The number of hydrogen-bond donors (Lipinski definition) is 1. The Morgan fingerprint density at radius 1 is 1.42 bits per heavy atom. The Kier molecular flexibility index (Phi) is 5.53. The summed E-state index contributed by atoms with van der Waals surface area (Å²) in [6.07, 6.45) is -5.00. The van der Waals surface area contributed by atoms with Gasteiger partial charge in [-0.1, -0.05) is 6.92 Å². The number of hydrogen-bond acceptors (Lipinski definition) is 5. The number of methoxy groups -OCH3 is 1. The smallest absolute Gasteiger partial charge is 0.428 e. The Morgan fingerprint density at radius 3 is 2.16 bits per heavy atom. The number of ether oxygens (including phenoxy) is 1. The molecule has 0 saturated carbocycles. The van der Waals surface area contributed by atoms with Crippen molar-refractivity contribution < 1.29 is 27.8 Å². The van der Waals surface area contributed by atoms with E-state index in [2.05, 4.69) is 4.74 Å². The van der Waals surface area contributed by atoms with Crippen molar-refractivity contribution in [1.29, 1.82) is 10.5 Å². The van der Waals surface area contributed by atoms with Crippen LogP contribution < -0.4 is 0 Å². The lowest BCUT2D eigenvalue weighted by Crippen LogP contribution is -2.57. The molecule has 0 rings (SSSR count). The highest BCUT2D eigenvalue weighted by Crippen LogP contribution is 2.39. The molecule has 2 unspecified atom stereocenters. The molecule has 0 heterocycles. The summed E-state index contributed by atoms with van der Waals surface area (Å²) in [5, 5.41) is 26.7. The van der Waals surface area contributed by atoms with E-state index in [0.29, 0.717) is 13.2 Å². The van der Waals surface area contributed by atoms with Crippen molar-refractivity contribution in [2.75, 3.05) is 7.11 Å². The number of halogens is 3. The van der Waals surface area contributed by atoms with Crippen LogP contribution in [0.1, 0.15) is 13.3 Å². The van der Waals surface area contributed by atoms with Crippen molar-refractivity contribution in [3.8, 4) is 12.1 Å². The second-order valence-electron chi connectivity index (χ2n) is 3.57. The van der Waals surface area contributed by atoms with Gasteiger partial charge in [0.1, 0.15) is 17.7 Å². The van der Waals surface area contributed by atoms with E-state index in [4.69, 9.17) is 10.5 Å². The zero-order valence-corrected chi connectivity index (χ0v) is 10.2. The quantitative estimate of drug-likeness (QED) is 0.619. The van der Waals surface area contributed by atoms with Crippen LogP contribution in [0.2, 0.25) is 0 Å². The molecule has 0 aromatic rings. The van der Waals surface area contributed by atoms with Gasteiger partial charge in [-0.15, -0.1) is 0 Å². The summed E-state index contributed by atoms with van der Waals surface area (Å²) in [4.78, 5) is 11.3. The van der Waals surface area contributed by atoms with Gasteiger partial charge in [0.05, 0.1) is 7.11 Å². The normalized spacial score (nSPS) is 15.4. The number of alkyl halides is 3. The molecule has 0 aliphatic rings. The first-order valence-electron chi connectivity index (χ1n) is 5.08. The van der Waals surface area contributed by atoms with Crippen LogP contribution in [-0.2, 0) is 9.53 Å². The molecule has 2 atom stereocenters. The number of allylic oxidation sites excluding steroid dienone is 1. The predicted octanol–water partition coefficient (Wildman–Crippen LogP) is 1.45. The van der Waals surface area contributed by atoms with E-state index in [1.165, 1.54) is 19.1 Å². The van der Waals surface area contributed by atoms with Crippen molar-refractivity contribution in [3.05, 3.63) is 11.6 Å². The van der Waals surface area contributed by atoms with Crippen LogP contribution >= 0.6 is 0 Å². The number of nitrogens with zero attached hydrogens (tertiary/aromatic N) is 2. The number of nitriles is 2. The van der Waals surface area contributed by atoms with Gasteiger partial charge in [-0.05, 0) is 12.5 Å². The molecule has 104 valence electrons. The minimum absolute atomic E-state index is 0.321. The molecule has 0 aromatic carbocycles. The third kappa shape index (κ3) is 3.24. The lowest BCUT2D eigenvalue weighted by Gasteiger charge is -2.32. The SMILES string of the molecule is CCC(C=C(C#N)C#N)C(O)(C(=O)OC)C(F)(F)F. The van der Waals surface area contributed by atoms with Gasteiger partial charge < -0.3 is 9.84 Å². The Balaban J connectivity index is 5.88. The minimum atomic E-state index is -5.30. The average molecular weight is 276 g/mol. The molecule has 0 aliphatic heterocycles. The number of carbonyl (C=O) groups is 1. The van der Waals surface area contributed by atoms with E-state index in [9.17, 15) is 23.1 Å². The van der Waals surface area contributed by atoms with Crippen molar-refractivity contribution in [3.63, 3.8) is 0 Å². The second-order valence-corrected chi connectivity index (χ2v) is 3.57. The highest BCUT2D eigenvalue weighted by atomic mass is 19.4. The van der Waals surface area contributed by atoms with Gasteiger partial charge >= 0.3 is 12.1 Å². The summed E-state index contributed by atoms with van der Waals surface area (Å²) in [6, 6.07) is 2.73. The van der Waals surface area contributed by atoms with Crippen LogP contribution in [0, 0.1) is 28.6 Å². The van der Waals surface area contributed by atoms with Crippen molar-refractivity contribution >= 4 is 5.97 Å². The van der Waals surface area contributed by atoms with Gasteiger partial charge in [-0.3, -0.25) is 0 Å². The number of carbonyl (C=O) groups excluding carboxylic acids is 1. The molecule has 0 radical (unpaired) electrons. The maximum absolute atomic E-state index is 12.9. The van der Waals surface area contributed by atoms with Crippen molar-refractivity contribution in [1.82, 2.24) is 0 Å². The fraction of sp³-hybridized carbons (Fsp3) is 0.545. The van der Waals surface area contributed by atoms with E-state index in [-0.39, 0.29) is 6.42 Å². The van der Waals surface area contributed by atoms with Crippen LogP contribution in [0.4, 0.5) is 13.2 Å². The Labute approximate surface area is 107 Å². The van der Waals surface area contributed by atoms with Crippen LogP contribution in [0.15, 0.2) is 11.6 Å². The predicted molar refractivity (Wildman–Crippen MR) is 56.1 cm³/mol. The number of aliphatic hydroxyl groups is 1. The Hall–Kier alpha value is -2.06. The Morgan fingerprint density at radius 2 is 1.89 bits per heavy atom.